The van der Waals surface area contributed by atoms with Crippen molar-refractivity contribution in [2.24, 2.45) is 0 Å². The number of hydrogen-bond acceptors (Lipinski definition) is 3. The maximum Gasteiger partial charge on any atom is 0.293 e. The molecule has 0 bridgehead atoms. The Kier molecular flexibility index (Phi) is 5.50. The van der Waals surface area contributed by atoms with E-state index in [0.717, 1.165) is 18.4 Å². The van der Waals surface area contributed by atoms with E-state index in [1.807, 2.05) is 30.3 Å². The first-order valence-corrected chi connectivity index (χ1v) is 11.3. The number of nitrogens with one attached hydrogen (secondary N) is 2. The fourth-order valence-electron chi connectivity index (χ4n) is 4.89. The van der Waals surface area contributed by atoms with Crippen molar-refractivity contribution in [3.63, 3.8) is 0 Å². The number of aromatic nitrogens is 1. The molecule has 1 aliphatic heterocycles. The van der Waals surface area contributed by atoms with Crippen LogP contribution in [-0.4, -0.2) is 22.2 Å². The van der Waals surface area contributed by atoms with Crippen LogP contribution in [0.5, 0.6) is 0 Å². The fraction of sp³-hybridized carbons (Fsp3) is 0.269. The van der Waals surface area contributed by atoms with E-state index < -0.39 is 40.6 Å². The molecule has 0 spiro atoms. The number of hydrogen-bond donors (Lipinski definition) is 2. The second kappa shape index (κ2) is 8.41. The Hall–Kier alpha value is -3.88. The number of nitrogens with zero attached hydrogens (tertiary/aromatic N) is 1. The zero-order valence-corrected chi connectivity index (χ0v) is 18.9. The first-order chi connectivity index (χ1) is 16.7. The minimum absolute atomic E-state index is 0.128. The van der Waals surface area contributed by atoms with Gasteiger partial charge in [0.05, 0.1) is 11.1 Å². The minimum Gasteiger partial charge on any atom is -0.340 e. The summed E-state index contributed by atoms with van der Waals surface area (Å²) in [4.78, 5) is 39.3. The van der Waals surface area contributed by atoms with Gasteiger partial charge in [0.15, 0.2) is 17.5 Å². The molecule has 180 valence electrons. The third-order valence-electron chi connectivity index (χ3n) is 6.73. The van der Waals surface area contributed by atoms with Crippen molar-refractivity contribution >= 4 is 23.3 Å². The molecule has 5 rings (SSSR count). The topological polar surface area (TPSA) is 80.2 Å². The van der Waals surface area contributed by atoms with Gasteiger partial charge >= 0.3 is 0 Å². The van der Waals surface area contributed by atoms with Crippen molar-refractivity contribution in [1.82, 2.24) is 9.88 Å². The summed E-state index contributed by atoms with van der Waals surface area (Å²) >= 11 is 0. The summed E-state index contributed by atoms with van der Waals surface area (Å²) in [6.07, 6.45) is 2.63. The molecule has 1 fully saturated rings. The molecule has 0 radical (unpaired) electrons. The van der Waals surface area contributed by atoms with Crippen LogP contribution in [-0.2, 0) is 23.3 Å². The molecule has 6 nitrogen and oxygen atoms in total. The summed E-state index contributed by atoms with van der Waals surface area (Å²) < 4.78 is 42.1. The van der Waals surface area contributed by atoms with Crippen LogP contribution < -0.4 is 10.6 Å². The van der Waals surface area contributed by atoms with E-state index in [1.165, 1.54) is 0 Å². The van der Waals surface area contributed by atoms with Gasteiger partial charge in [-0.1, -0.05) is 30.3 Å². The lowest BCUT2D eigenvalue weighted by atomic mass is 10.0. The molecule has 3 aromatic rings. The van der Waals surface area contributed by atoms with Gasteiger partial charge in [-0.25, -0.2) is 13.2 Å². The number of rotatable bonds is 6. The van der Waals surface area contributed by atoms with Crippen LogP contribution in [0.2, 0.25) is 0 Å². The van der Waals surface area contributed by atoms with Gasteiger partial charge in [-0.3, -0.25) is 14.4 Å². The van der Waals surface area contributed by atoms with Gasteiger partial charge in [0.25, 0.3) is 17.6 Å². The van der Waals surface area contributed by atoms with E-state index in [4.69, 9.17) is 0 Å². The van der Waals surface area contributed by atoms with Crippen LogP contribution in [0.1, 0.15) is 56.9 Å². The Bertz CT molecular complexity index is 1350. The molecular weight excluding hydrogens is 459 g/mol. The lowest BCUT2D eigenvalue weighted by molar-refractivity contribution is -0.118. The van der Waals surface area contributed by atoms with E-state index in [9.17, 15) is 27.6 Å². The van der Waals surface area contributed by atoms with Gasteiger partial charge in [0.2, 0.25) is 0 Å². The number of fused-ring (bicyclic) bond motifs is 1. The number of benzene rings is 2. The lowest BCUT2D eigenvalue weighted by Crippen LogP contribution is -2.39. The van der Waals surface area contributed by atoms with Gasteiger partial charge < -0.3 is 15.2 Å². The van der Waals surface area contributed by atoms with Crippen molar-refractivity contribution < 1.29 is 27.6 Å². The summed E-state index contributed by atoms with van der Waals surface area (Å²) in [6, 6.07) is 10.8. The second-order valence-corrected chi connectivity index (χ2v) is 8.99. The smallest absolute Gasteiger partial charge is 0.293 e. The largest absolute Gasteiger partial charge is 0.340 e. The average molecular weight is 481 g/mol. The molecule has 1 saturated carbocycles. The normalized spacial score (nSPS) is 15.4. The minimum atomic E-state index is -1.63. The number of amides is 2. The van der Waals surface area contributed by atoms with Crippen molar-refractivity contribution in [2.45, 2.75) is 44.7 Å². The quantitative estimate of drug-likeness (QED) is 0.311. The van der Waals surface area contributed by atoms with Crippen molar-refractivity contribution in [3.8, 4) is 0 Å². The molecule has 1 aliphatic carbocycles. The number of carbonyl (C=O) groups excluding carboxylic acids is 3. The molecule has 0 atom stereocenters. The summed E-state index contributed by atoms with van der Waals surface area (Å²) in [6.45, 7) is 2.02. The molecular formula is C26H22F3N3O3. The molecule has 2 aromatic carbocycles. The maximum absolute atomic E-state index is 13.6. The van der Waals surface area contributed by atoms with Gasteiger partial charge in [-0.15, -0.1) is 0 Å². The van der Waals surface area contributed by atoms with E-state index in [1.54, 1.807) is 11.5 Å². The fourth-order valence-corrected chi connectivity index (χ4v) is 4.89. The van der Waals surface area contributed by atoms with Crippen molar-refractivity contribution in [1.29, 1.82) is 0 Å². The van der Waals surface area contributed by atoms with E-state index in [-0.39, 0.29) is 16.9 Å². The Morgan fingerprint density at radius 2 is 1.66 bits per heavy atom. The van der Waals surface area contributed by atoms with E-state index >= 15 is 0 Å². The predicted octanol–water partition coefficient (Wildman–Crippen LogP) is 4.40. The Morgan fingerprint density at radius 1 is 1.00 bits per heavy atom. The molecule has 9 heteroatoms. The van der Waals surface area contributed by atoms with Gasteiger partial charge in [-0.05, 0) is 43.7 Å². The zero-order valence-electron chi connectivity index (χ0n) is 18.9. The van der Waals surface area contributed by atoms with Crippen LogP contribution in [0, 0.1) is 24.4 Å². The monoisotopic (exact) mass is 481 g/mol. The Morgan fingerprint density at radius 3 is 2.29 bits per heavy atom. The molecule has 2 N–H and O–H groups in total. The predicted molar refractivity (Wildman–Crippen MR) is 122 cm³/mol. The van der Waals surface area contributed by atoms with Crippen LogP contribution in [0.15, 0.2) is 42.5 Å². The highest BCUT2D eigenvalue weighted by Gasteiger charge is 2.47. The summed E-state index contributed by atoms with van der Waals surface area (Å²) in [5, 5.41) is 5.25. The maximum atomic E-state index is 13.6. The highest BCUT2D eigenvalue weighted by atomic mass is 19.2. The molecule has 0 unspecified atom stereocenters. The SMILES string of the molecule is Cc1c(C(=O)C(=O)NC2(c3ccccc3)CC2)c2n(c1C(=O)Nc1cc(F)c(F)c(F)c1)CCC2. The summed E-state index contributed by atoms with van der Waals surface area (Å²) in [7, 11) is 0. The highest BCUT2D eigenvalue weighted by Crippen LogP contribution is 2.45. The molecule has 2 amide bonds. The average Bonchev–Trinajstić information content (AvgIpc) is 3.37. The molecule has 35 heavy (non-hydrogen) atoms. The third-order valence-corrected chi connectivity index (χ3v) is 6.73. The summed E-state index contributed by atoms with van der Waals surface area (Å²) in [5.41, 5.74) is 1.29. The van der Waals surface area contributed by atoms with E-state index in [2.05, 4.69) is 10.6 Å². The number of Topliss-reactive ketones (excluding diaryl/α,β-unsaturated/α-hetero) is 1. The molecule has 0 saturated heterocycles. The van der Waals surface area contributed by atoms with Gasteiger partial charge in [0.1, 0.15) is 5.69 Å². The standard InChI is InChI=1S/C26H22F3N3O3/c1-14-20(23(33)25(35)31-26(9-10-26)15-6-3-2-4-7-15)19-8-5-11-32(19)22(14)24(34)30-16-12-17(27)21(29)18(28)13-16/h2-4,6-7,12-13H,5,8-11H2,1H3,(H,30,34)(H,31,35). The lowest BCUT2D eigenvalue weighted by Gasteiger charge is -2.17. The zero-order chi connectivity index (χ0) is 24.9. The van der Waals surface area contributed by atoms with Crippen LogP contribution in [0.25, 0.3) is 0 Å². The Labute approximate surface area is 199 Å². The Balaban J connectivity index is 1.43. The number of ketones is 1. The summed E-state index contributed by atoms with van der Waals surface area (Å²) in [5.74, 6) is -6.68. The van der Waals surface area contributed by atoms with Crippen LogP contribution in [0.4, 0.5) is 18.9 Å². The van der Waals surface area contributed by atoms with Crippen LogP contribution >= 0.6 is 0 Å². The first-order valence-electron chi connectivity index (χ1n) is 11.3. The molecule has 2 aliphatic rings. The number of carbonyl (C=O) groups is 3. The van der Waals surface area contributed by atoms with Gasteiger partial charge in [-0.2, -0.15) is 0 Å². The molecule has 2 heterocycles. The second-order valence-electron chi connectivity index (χ2n) is 8.99. The van der Waals surface area contributed by atoms with E-state index in [0.29, 0.717) is 42.8 Å². The third kappa shape index (κ3) is 3.90. The van der Waals surface area contributed by atoms with Gasteiger partial charge in [0, 0.05) is 30.1 Å². The highest BCUT2D eigenvalue weighted by molar-refractivity contribution is 6.44. The van der Waals surface area contributed by atoms with Crippen molar-refractivity contribution in [2.75, 3.05) is 5.32 Å². The molecule has 1 aromatic heterocycles. The number of halogens is 3. The number of anilines is 1. The van der Waals surface area contributed by atoms with Crippen LogP contribution in [0.3, 0.4) is 0 Å². The van der Waals surface area contributed by atoms with Crippen molar-refractivity contribution in [3.05, 3.63) is 88.0 Å². The first kappa shape index (κ1) is 22.9.